The molecule has 1 aromatic heterocycles. The maximum atomic E-state index is 12.4. The fourth-order valence-electron chi connectivity index (χ4n) is 3.65. The second-order valence-corrected chi connectivity index (χ2v) is 7.25. The minimum atomic E-state index is -0.0569. The summed E-state index contributed by atoms with van der Waals surface area (Å²) < 4.78 is 16.2. The Kier molecular flexibility index (Phi) is 10.6. The number of guanidine groups is 1. The molecule has 0 radical (unpaired) electrons. The summed E-state index contributed by atoms with van der Waals surface area (Å²) in [5.41, 5.74) is 1.21. The number of halogens is 1. The van der Waals surface area contributed by atoms with Crippen LogP contribution in [0.2, 0.25) is 0 Å². The Morgan fingerprint density at radius 1 is 1.16 bits per heavy atom. The van der Waals surface area contributed by atoms with Crippen LogP contribution in [0.1, 0.15) is 29.5 Å². The molecule has 1 N–H and O–H groups in total. The highest BCUT2D eigenvalue weighted by Gasteiger charge is 2.25. The van der Waals surface area contributed by atoms with E-state index in [4.69, 9.17) is 13.9 Å². The van der Waals surface area contributed by atoms with Crippen LogP contribution in [-0.4, -0.2) is 75.2 Å². The highest BCUT2D eigenvalue weighted by Crippen LogP contribution is 2.28. The molecule has 1 aliphatic rings. The number of nitrogens with one attached hydrogen (secondary N) is 1. The largest absolute Gasteiger partial charge is 0.493 e. The molecular formula is C23H33IN4O4. The zero-order valence-electron chi connectivity index (χ0n) is 19.0. The van der Waals surface area contributed by atoms with Crippen LogP contribution >= 0.6 is 24.0 Å². The summed E-state index contributed by atoms with van der Waals surface area (Å²) in [6.45, 7) is 6.16. The molecule has 1 fully saturated rings. The number of piperazine rings is 1. The van der Waals surface area contributed by atoms with Gasteiger partial charge in [0, 0.05) is 39.8 Å². The Bertz CT molecular complexity index is 865. The molecule has 9 heteroatoms. The molecule has 8 nitrogen and oxygen atoms in total. The van der Waals surface area contributed by atoms with Crippen molar-refractivity contribution in [2.75, 3.05) is 53.5 Å². The molecule has 0 aliphatic carbocycles. The lowest BCUT2D eigenvalue weighted by atomic mass is 10.1. The molecule has 1 aliphatic heterocycles. The van der Waals surface area contributed by atoms with Gasteiger partial charge in [-0.1, -0.05) is 6.07 Å². The van der Waals surface area contributed by atoms with Crippen LogP contribution in [0.15, 0.2) is 46.0 Å². The van der Waals surface area contributed by atoms with Crippen molar-refractivity contribution in [2.24, 2.45) is 4.99 Å². The second-order valence-electron chi connectivity index (χ2n) is 7.25. The van der Waals surface area contributed by atoms with Crippen molar-refractivity contribution in [1.29, 1.82) is 0 Å². The van der Waals surface area contributed by atoms with E-state index in [0.717, 1.165) is 49.9 Å². The lowest BCUT2D eigenvalue weighted by Crippen LogP contribution is -2.53. The standard InChI is InChI=1S/C23H32N4O4.HI/c1-4-30-21-17-18(9-10-19(21)29-3)7-5-11-25-23(24-2)27-14-12-26(13-15-27)22(28)20-8-6-16-31-20;/h6,8-10,16-17H,4-5,7,11-15H2,1-3H3,(H,24,25);1H. The number of rotatable bonds is 8. The molecule has 0 atom stereocenters. The van der Waals surface area contributed by atoms with Gasteiger partial charge < -0.3 is 29.0 Å². The first kappa shape index (κ1) is 25.8. The van der Waals surface area contributed by atoms with E-state index in [0.29, 0.717) is 25.5 Å². The van der Waals surface area contributed by atoms with E-state index in [9.17, 15) is 4.79 Å². The monoisotopic (exact) mass is 556 g/mol. The van der Waals surface area contributed by atoms with Crippen LogP contribution in [0.25, 0.3) is 0 Å². The number of carbonyl (C=O) groups is 1. The first-order chi connectivity index (χ1) is 15.2. The molecule has 0 unspecified atom stereocenters. The molecule has 2 heterocycles. The highest BCUT2D eigenvalue weighted by molar-refractivity contribution is 14.0. The van der Waals surface area contributed by atoms with Crippen molar-refractivity contribution in [3.05, 3.63) is 47.9 Å². The number of benzene rings is 1. The molecule has 1 saturated heterocycles. The Hall–Kier alpha value is -2.43. The number of hydrogen-bond donors (Lipinski definition) is 1. The number of carbonyl (C=O) groups excluding carboxylic acids is 1. The SMILES string of the molecule is CCOc1cc(CCCNC(=NC)N2CCN(C(=O)c3ccco3)CC2)ccc1OC.I. The minimum Gasteiger partial charge on any atom is -0.493 e. The third-order valence-electron chi connectivity index (χ3n) is 5.26. The molecule has 1 aromatic carbocycles. The van der Waals surface area contributed by atoms with Crippen LogP contribution in [0.4, 0.5) is 0 Å². The molecule has 3 rings (SSSR count). The minimum absolute atomic E-state index is 0. The summed E-state index contributed by atoms with van der Waals surface area (Å²) in [7, 11) is 3.44. The van der Waals surface area contributed by atoms with Gasteiger partial charge in [0.15, 0.2) is 23.2 Å². The fraction of sp³-hybridized carbons (Fsp3) is 0.478. The molecular weight excluding hydrogens is 523 g/mol. The first-order valence-electron chi connectivity index (χ1n) is 10.7. The molecule has 2 aromatic rings. The van der Waals surface area contributed by atoms with Crippen LogP contribution in [-0.2, 0) is 6.42 Å². The molecule has 176 valence electrons. The summed E-state index contributed by atoms with van der Waals surface area (Å²) in [6.07, 6.45) is 3.42. The van der Waals surface area contributed by atoms with E-state index >= 15 is 0 Å². The normalized spacial score (nSPS) is 14.0. The van der Waals surface area contributed by atoms with Gasteiger partial charge >= 0.3 is 0 Å². The van der Waals surface area contributed by atoms with Gasteiger partial charge in [0.1, 0.15) is 0 Å². The number of ether oxygens (including phenoxy) is 2. The van der Waals surface area contributed by atoms with E-state index < -0.39 is 0 Å². The van der Waals surface area contributed by atoms with Crippen LogP contribution < -0.4 is 14.8 Å². The van der Waals surface area contributed by atoms with Crippen molar-refractivity contribution >= 4 is 35.8 Å². The predicted octanol–water partition coefficient (Wildman–Crippen LogP) is 3.27. The fourth-order valence-corrected chi connectivity index (χ4v) is 3.65. The van der Waals surface area contributed by atoms with Gasteiger partial charge in [-0.25, -0.2) is 0 Å². The molecule has 0 bridgehead atoms. The zero-order valence-corrected chi connectivity index (χ0v) is 21.3. The Balaban J connectivity index is 0.00000363. The number of nitrogens with zero attached hydrogens (tertiary/aromatic N) is 3. The maximum absolute atomic E-state index is 12.4. The van der Waals surface area contributed by atoms with Gasteiger partial charge in [-0.15, -0.1) is 24.0 Å². The van der Waals surface area contributed by atoms with Gasteiger partial charge in [-0.05, 0) is 49.6 Å². The molecule has 32 heavy (non-hydrogen) atoms. The molecule has 0 saturated carbocycles. The quantitative estimate of drug-likeness (QED) is 0.233. The van der Waals surface area contributed by atoms with Gasteiger partial charge in [0.25, 0.3) is 5.91 Å². The van der Waals surface area contributed by atoms with Crippen molar-refractivity contribution < 1.29 is 18.7 Å². The summed E-state index contributed by atoms with van der Waals surface area (Å²) >= 11 is 0. The Morgan fingerprint density at radius 2 is 1.91 bits per heavy atom. The van der Waals surface area contributed by atoms with E-state index in [2.05, 4.69) is 21.3 Å². The lowest BCUT2D eigenvalue weighted by Gasteiger charge is -2.36. The zero-order chi connectivity index (χ0) is 22.1. The average Bonchev–Trinajstić information content (AvgIpc) is 3.34. The number of amides is 1. The lowest BCUT2D eigenvalue weighted by molar-refractivity contribution is 0.0657. The number of furan rings is 1. The summed E-state index contributed by atoms with van der Waals surface area (Å²) in [5.74, 6) is 2.75. The number of methoxy groups -OCH3 is 1. The van der Waals surface area contributed by atoms with Gasteiger partial charge in [0.05, 0.1) is 20.0 Å². The third kappa shape index (κ3) is 6.78. The van der Waals surface area contributed by atoms with Crippen LogP contribution in [0.3, 0.4) is 0 Å². The van der Waals surface area contributed by atoms with E-state index in [1.54, 1.807) is 26.3 Å². The predicted molar refractivity (Wildman–Crippen MR) is 135 cm³/mol. The van der Waals surface area contributed by atoms with Crippen LogP contribution in [0, 0.1) is 0 Å². The highest BCUT2D eigenvalue weighted by atomic mass is 127. The van der Waals surface area contributed by atoms with Gasteiger partial charge in [-0.2, -0.15) is 0 Å². The van der Waals surface area contributed by atoms with E-state index in [1.165, 1.54) is 11.8 Å². The summed E-state index contributed by atoms with van der Waals surface area (Å²) in [4.78, 5) is 20.8. The first-order valence-corrected chi connectivity index (χ1v) is 10.7. The average molecular weight is 556 g/mol. The van der Waals surface area contributed by atoms with E-state index in [1.807, 2.05) is 24.0 Å². The van der Waals surface area contributed by atoms with Crippen molar-refractivity contribution in [3.63, 3.8) is 0 Å². The summed E-state index contributed by atoms with van der Waals surface area (Å²) in [5, 5.41) is 3.44. The van der Waals surface area contributed by atoms with E-state index in [-0.39, 0.29) is 29.9 Å². The third-order valence-corrected chi connectivity index (χ3v) is 5.26. The maximum Gasteiger partial charge on any atom is 0.289 e. The van der Waals surface area contributed by atoms with Crippen LogP contribution in [0.5, 0.6) is 11.5 Å². The molecule has 1 amide bonds. The van der Waals surface area contributed by atoms with Gasteiger partial charge in [0.2, 0.25) is 0 Å². The van der Waals surface area contributed by atoms with Crippen molar-refractivity contribution in [2.45, 2.75) is 19.8 Å². The van der Waals surface area contributed by atoms with Crippen molar-refractivity contribution in [3.8, 4) is 11.5 Å². The number of hydrogen-bond acceptors (Lipinski definition) is 5. The Labute approximate surface area is 207 Å². The van der Waals surface area contributed by atoms with Gasteiger partial charge in [-0.3, -0.25) is 9.79 Å². The second kappa shape index (κ2) is 13.2. The topological polar surface area (TPSA) is 79.5 Å². The molecule has 0 spiro atoms. The summed E-state index contributed by atoms with van der Waals surface area (Å²) in [6, 6.07) is 9.52. The Morgan fingerprint density at radius 3 is 2.53 bits per heavy atom. The number of aryl methyl sites for hydroxylation is 1. The van der Waals surface area contributed by atoms with Crippen molar-refractivity contribution in [1.82, 2.24) is 15.1 Å². The smallest absolute Gasteiger partial charge is 0.289 e. The number of aliphatic imine (C=N–C) groups is 1.